The van der Waals surface area contributed by atoms with Crippen molar-refractivity contribution in [2.24, 2.45) is 0 Å². The van der Waals surface area contributed by atoms with Crippen molar-refractivity contribution >= 4 is 40.2 Å². The van der Waals surface area contributed by atoms with Crippen LogP contribution < -0.4 is 10.0 Å². The van der Waals surface area contributed by atoms with E-state index < -0.39 is 0 Å². The highest BCUT2D eigenvalue weighted by atomic mass is 16.1. The fourth-order valence-electron chi connectivity index (χ4n) is 1.57. The lowest BCUT2D eigenvalue weighted by atomic mass is 9.67. The minimum Gasteiger partial charge on any atom is -0.437 e. The first-order valence-electron chi connectivity index (χ1n) is 5.18. The quantitative estimate of drug-likeness (QED) is 0.614. The number of para-hydroxylation sites is 2. The first-order chi connectivity index (χ1) is 7.15. The molecular formula is C9H15B3N2O. The van der Waals surface area contributed by atoms with Gasteiger partial charge in [-0.25, -0.2) is 0 Å². The summed E-state index contributed by atoms with van der Waals surface area (Å²) in [7, 11) is 4.87. The molecule has 0 spiro atoms. The highest BCUT2D eigenvalue weighted by Crippen LogP contribution is 2.23. The lowest BCUT2D eigenvalue weighted by Gasteiger charge is -2.22. The van der Waals surface area contributed by atoms with Crippen LogP contribution in [0.5, 0.6) is 0 Å². The van der Waals surface area contributed by atoms with Crippen LogP contribution in [0.15, 0.2) is 24.3 Å². The molecule has 1 N–H and O–H groups in total. The number of nitrogens with one attached hydrogen (secondary N) is 1. The van der Waals surface area contributed by atoms with E-state index in [-0.39, 0.29) is 5.78 Å². The molecule has 0 aromatic heterocycles. The summed E-state index contributed by atoms with van der Waals surface area (Å²) in [5.41, 5.74) is 2.14. The van der Waals surface area contributed by atoms with Crippen LogP contribution in [0.2, 0.25) is 0 Å². The average molecular weight is 200 g/mol. The topological polar surface area (TPSA) is 32.3 Å². The fourth-order valence-corrected chi connectivity index (χ4v) is 1.57. The summed E-state index contributed by atoms with van der Waals surface area (Å²) < 4.78 is 0. The zero-order valence-corrected chi connectivity index (χ0v) is 9.58. The molecule has 0 radical (unpaired) electrons. The Bertz CT molecular complexity index is 346. The molecule has 1 rings (SSSR count). The summed E-state index contributed by atoms with van der Waals surface area (Å²) in [6, 6.07) is 8.01. The van der Waals surface area contributed by atoms with Crippen LogP contribution in [-0.2, 0) is 4.79 Å². The van der Waals surface area contributed by atoms with Gasteiger partial charge in [0.25, 0.3) is 0 Å². The molecule has 0 saturated heterocycles. The maximum Gasteiger partial charge on any atom is 0.218 e. The molecule has 0 unspecified atom stereocenters. The van der Waals surface area contributed by atoms with Gasteiger partial charge >= 0.3 is 0 Å². The smallest absolute Gasteiger partial charge is 0.218 e. The van der Waals surface area contributed by atoms with Crippen molar-refractivity contribution in [3.05, 3.63) is 24.3 Å². The zero-order valence-electron chi connectivity index (χ0n) is 9.58. The molecule has 76 valence electrons. The lowest BCUT2D eigenvalue weighted by molar-refractivity contribution is -0.115. The van der Waals surface area contributed by atoms with Gasteiger partial charge in [-0.15, -0.1) is 0 Å². The summed E-state index contributed by atoms with van der Waals surface area (Å²) >= 11 is 0. The van der Waals surface area contributed by atoms with E-state index in [1.54, 1.807) is 6.92 Å². The van der Waals surface area contributed by atoms with Gasteiger partial charge in [-0.2, -0.15) is 0 Å². The predicted octanol–water partition coefficient (Wildman–Crippen LogP) is -1.06. The molecule has 0 aliphatic rings. The number of hydrogen-bond donors (Lipinski definition) is 1. The Morgan fingerprint density at radius 1 is 1.53 bits per heavy atom. The Morgan fingerprint density at radius 2 is 2.20 bits per heavy atom. The molecule has 0 aliphatic carbocycles. The molecule has 0 heterocycles. The number of rotatable bonds is 5. The van der Waals surface area contributed by atoms with Crippen molar-refractivity contribution in [1.29, 1.82) is 0 Å². The van der Waals surface area contributed by atoms with Gasteiger partial charge in [-0.1, -0.05) is 12.1 Å². The summed E-state index contributed by atoms with van der Waals surface area (Å²) in [6.07, 6.45) is 0. The number of carbonyl (C=O) groups is 1. The van der Waals surface area contributed by atoms with Crippen molar-refractivity contribution in [2.75, 3.05) is 16.6 Å². The van der Waals surface area contributed by atoms with Crippen molar-refractivity contribution in [1.82, 2.24) is 0 Å². The van der Waals surface area contributed by atoms with Gasteiger partial charge in [0, 0.05) is 11.4 Å². The minimum absolute atomic E-state index is 0.170. The highest BCUT2D eigenvalue weighted by molar-refractivity contribution is 6.91. The lowest BCUT2D eigenvalue weighted by Crippen LogP contribution is -2.26. The van der Waals surface area contributed by atoms with E-state index in [0.29, 0.717) is 6.54 Å². The third-order valence-corrected chi connectivity index (χ3v) is 2.14. The van der Waals surface area contributed by atoms with E-state index in [9.17, 15) is 4.79 Å². The van der Waals surface area contributed by atoms with Crippen LogP contribution in [0, 0.1) is 0 Å². The third-order valence-electron chi connectivity index (χ3n) is 2.14. The van der Waals surface area contributed by atoms with Crippen LogP contribution in [0.3, 0.4) is 0 Å². The predicted molar refractivity (Wildman–Crippen MR) is 72.3 cm³/mol. The Hall–Kier alpha value is -1.32. The average Bonchev–Trinajstić information content (AvgIpc) is 2.18. The fraction of sp³-hybridized carbons (Fsp3) is 0.222. The van der Waals surface area contributed by atoms with Crippen LogP contribution in [0.4, 0.5) is 11.4 Å². The molecule has 0 bridgehead atoms. The summed E-state index contributed by atoms with van der Waals surface area (Å²) in [5, 5.41) is 3.28. The molecule has 0 saturated carbocycles. The van der Waals surface area contributed by atoms with Crippen LogP contribution in [-0.4, -0.2) is 35.4 Å². The van der Waals surface area contributed by atoms with Gasteiger partial charge in [0.2, 0.25) is 7.98 Å². The van der Waals surface area contributed by atoms with Crippen molar-refractivity contribution in [3.8, 4) is 0 Å². The second-order valence-corrected chi connectivity index (χ2v) is 3.61. The molecule has 0 fully saturated rings. The molecule has 6 heteroatoms. The number of carbonyl (C=O) groups excluding carboxylic acids is 1. The molecule has 0 atom stereocenters. The molecule has 1 aromatic rings. The van der Waals surface area contributed by atoms with E-state index in [4.69, 9.17) is 0 Å². The van der Waals surface area contributed by atoms with Gasteiger partial charge in [-0.3, -0.25) is 4.79 Å². The second-order valence-electron chi connectivity index (χ2n) is 3.61. The minimum atomic E-state index is 0.170. The number of ketones is 1. The largest absolute Gasteiger partial charge is 0.437 e. The van der Waals surface area contributed by atoms with Crippen LogP contribution in [0.1, 0.15) is 6.92 Å². The van der Waals surface area contributed by atoms with E-state index >= 15 is 0 Å². The van der Waals surface area contributed by atoms with E-state index in [1.807, 2.05) is 37.1 Å². The summed E-state index contributed by atoms with van der Waals surface area (Å²) in [5.74, 6) is 0.170. The van der Waals surface area contributed by atoms with Gasteiger partial charge in [0.1, 0.15) is 5.78 Å². The van der Waals surface area contributed by atoms with Gasteiger partial charge < -0.3 is 10.0 Å². The SMILES string of the molecule is BBNc1ccccc1N(B)CC(C)=O. The Labute approximate surface area is 93.3 Å². The summed E-state index contributed by atoms with van der Waals surface area (Å²) in [4.78, 5) is 13.0. The molecular weight excluding hydrogens is 185 g/mol. The highest BCUT2D eigenvalue weighted by Gasteiger charge is 2.06. The Kier molecular flexibility index (Phi) is 4.34. The molecule has 15 heavy (non-hydrogen) atoms. The maximum absolute atomic E-state index is 11.0. The van der Waals surface area contributed by atoms with Gasteiger partial charge in [0.15, 0.2) is 7.31 Å². The number of hydrogen-bond acceptors (Lipinski definition) is 3. The van der Waals surface area contributed by atoms with Crippen LogP contribution >= 0.6 is 0 Å². The second kappa shape index (κ2) is 5.54. The molecule has 3 nitrogen and oxygen atoms in total. The van der Waals surface area contributed by atoms with E-state index in [0.717, 1.165) is 18.7 Å². The molecule has 1 aromatic carbocycles. The van der Waals surface area contributed by atoms with Gasteiger partial charge in [0.05, 0.1) is 14.3 Å². The standard InChI is InChI=1S/C9H15B3N2O/c1-7(15)6-14(11)9-5-3-2-4-8(9)13-12-10/h2-5,12-13H,6,10-11H2,1H3. The van der Waals surface area contributed by atoms with E-state index in [2.05, 4.69) is 13.0 Å². The first kappa shape index (κ1) is 11.8. The number of anilines is 2. The van der Waals surface area contributed by atoms with Gasteiger partial charge in [-0.05, 0) is 19.1 Å². The molecule has 0 amide bonds. The third kappa shape index (κ3) is 3.38. The summed E-state index contributed by atoms with van der Waals surface area (Å²) in [6.45, 7) is 2.05. The van der Waals surface area contributed by atoms with Crippen molar-refractivity contribution in [2.45, 2.75) is 6.92 Å². The Balaban J connectivity index is 2.86. The van der Waals surface area contributed by atoms with E-state index in [1.165, 1.54) is 0 Å². The monoisotopic (exact) mass is 200 g/mol. The number of benzene rings is 1. The number of nitrogens with zero attached hydrogens (tertiary/aromatic N) is 1. The van der Waals surface area contributed by atoms with Crippen molar-refractivity contribution in [3.63, 3.8) is 0 Å². The number of Topliss-reactive ketones (excluding diaryl/α,β-unsaturated/α-hetero) is 1. The Morgan fingerprint density at radius 3 is 2.80 bits per heavy atom. The maximum atomic E-state index is 11.0. The van der Waals surface area contributed by atoms with Crippen LogP contribution in [0.25, 0.3) is 0 Å². The van der Waals surface area contributed by atoms with Crippen molar-refractivity contribution < 1.29 is 4.79 Å². The zero-order chi connectivity index (χ0) is 11.3. The first-order valence-corrected chi connectivity index (χ1v) is 5.18. The molecule has 0 aliphatic heterocycles. The normalized spacial score (nSPS) is 9.40.